The molecule has 3 nitrogen and oxygen atoms in total. The standard InChI is InChI=1S/C10H17N3/c1-8(2)13-7-12-6-10(13)9-3-4-11-5-9/h6-9,11H,3-5H2,1-2H3. The highest BCUT2D eigenvalue weighted by Crippen LogP contribution is 2.23. The summed E-state index contributed by atoms with van der Waals surface area (Å²) in [6.45, 7) is 6.66. The fraction of sp³-hybridized carbons (Fsp3) is 0.700. The maximum atomic E-state index is 4.22. The highest BCUT2D eigenvalue weighted by Gasteiger charge is 2.20. The van der Waals surface area contributed by atoms with Gasteiger partial charge in [-0.3, -0.25) is 0 Å². The molecular weight excluding hydrogens is 162 g/mol. The Morgan fingerprint density at radius 1 is 1.62 bits per heavy atom. The van der Waals surface area contributed by atoms with Gasteiger partial charge in [0, 0.05) is 30.4 Å². The first-order valence-electron chi connectivity index (χ1n) is 5.01. The van der Waals surface area contributed by atoms with Gasteiger partial charge in [0.1, 0.15) is 0 Å². The van der Waals surface area contributed by atoms with Crippen LogP contribution in [0.2, 0.25) is 0 Å². The lowest BCUT2D eigenvalue weighted by molar-refractivity contribution is 0.547. The Labute approximate surface area is 79.2 Å². The van der Waals surface area contributed by atoms with Crippen molar-refractivity contribution in [2.75, 3.05) is 13.1 Å². The Bertz CT molecular complexity index is 271. The third-order valence-corrected chi connectivity index (χ3v) is 2.73. The fourth-order valence-electron chi connectivity index (χ4n) is 1.97. The van der Waals surface area contributed by atoms with Crippen molar-refractivity contribution in [3.63, 3.8) is 0 Å². The summed E-state index contributed by atoms with van der Waals surface area (Å²) in [6.07, 6.45) is 5.20. The molecule has 1 saturated heterocycles. The van der Waals surface area contributed by atoms with Crippen LogP contribution in [0.5, 0.6) is 0 Å². The first-order chi connectivity index (χ1) is 6.29. The van der Waals surface area contributed by atoms with Gasteiger partial charge in [-0.05, 0) is 26.8 Å². The van der Waals surface area contributed by atoms with Crippen LogP contribution < -0.4 is 5.32 Å². The lowest BCUT2D eigenvalue weighted by Gasteiger charge is -2.15. The number of nitrogens with zero attached hydrogens (tertiary/aromatic N) is 2. The molecule has 0 radical (unpaired) electrons. The second kappa shape index (κ2) is 3.50. The van der Waals surface area contributed by atoms with Gasteiger partial charge in [0.2, 0.25) is 0 Å². The normalized spacial score (nSPS) is 22.8. The first-order valence-corrected chi connectivity index (χ1v) is 5.01. The third kappa shape index (κ3) is 1.61. The second-order valence-electron chi connectivity index (χ2n) is 4.01. The van der Waals surface area contributed by atoms with E-state index >= 15 is 0 Å². The molecule has 1 aromatic heterocycles. The maximum Gasteiger partial charge on any atom is 0.0950 e. The summed E-state index contributed by atoms with van der Waals surface area (Å²) in [5, 5.41) is 3.39. The molecule has 2 rings (SSSR count). The van der Waals surface area contributed by atoms with Crippen molar-refractivity contribution >= 4 is 0 Å². The summed E-state index contributed by atoms with van der Waals surface area (Å²) >= 11 is 0. The number of nitrogens with one attached hydrogen (secondary N) is 1. The molecule has 1 aliphatic rings. The van der Waals surface area contributed by atoms with Crippen LogP contribution in [-0.4, -0.2) is 22.6 Å². The van der Waals surface area contributed by atoms with Crippen LogP contribution in [0.1, 0.15) is 37.9 Å². The van der Waals surface area contributed by atoms with Crippen LogP contribution in [0.25, 0.3) is 0 Å². The quantitative estimate of drug-likeness (QED) is 0.746. The van der Waals surface area contributed by atoms with Crippen molar-refractivity contribution in [3.05, 3.63) is 18.2 Å². The fourth-order valence-corrected chi connectivity index (χ4v) is 1.97. The highest BCUT2D eigenvalue weighted by molar-refractivity contribution is 5.10. The molecule has 72 valence electrons. The number of hydrogen-bond donors (Lipinski definition) is 1. The SMILES string of the molecule is CC(C)n1cncc1C1CCNC1. The summed E-state index contributed by atoms with van der Waals surface area (Å²) in [5.41, 5.74) is 1.39. The first kappa shape index (κ1) is 8.75. The maximum absolute atomic E-state index is 4.22. The summed E-state index contributed by atoms with van der Waals surface area (Å²) < 4.78 is 2.28. The Morgan fingerprint density at radius 3 is 3.08 bits per heavy atom. The summed E-state index contributed by atoms with van der Waals surface area (Å²) in [6, 6.07) is 0.526. The molecule has 2 heterocycles. The van der Waals surface area contributed by atoms with Crippen LogP contribution in [0.15, 0.2) is 12.5 Å². The molecule has 13 heavy (non-hydrogen) atoms. The largest absolute Gasteiger partial charge is 0.332 e. The second-order valence-corrected chi connectivity index (χ2v) is 4.01. The minimum absolute atomic E-state index is 0.526. The van der Waals surface area contributed by atoms with Crippen LogP contribution >= 0.6 is 0 Å². The molecule has 1 N–H and O–H groups in total. The average Bonchev–Trinajstić information content (AvgIpc) is 2.74. The molecule has 0 bridgehead atoms. The molecule has 1 aliphatic heterocycles. The van der Waals surface area contributed by atoms with Crippen molar-refractivity contribution in [2.45, 2.75) is 32.2 Å². The highest BCUT2D eigenvalue weighted by atomic mass is 15.1. The van der Waals surface area contributed by atoms with E-state index in [0.717, 1.165) is 13.1 Å². The van der Waals surface area contributed by atoms with Gasteiger partial charge in [-0.1, -0.05) is 0 Å². The minimum Gasteiger partial charge on any atom is -0.332 e. The molecule has 0 aromatic carbocycles. The van der Waals surface area contributed by atoms with Gasteiger partial charge in [-0.25, -0.2) is 4.98 Å². The third-order valence-electron chi connectivity index (χ3n) is 2.73. The predicted molar refractivity (Wildman–Crippen MR) is 52.8 cm³/mol. The molecule has 1 unspecified atom stereocenters. The van der Waals surface area contributed by atoms with Crippen molar-refractivity contribution in [3.8, 4) is 0 Å². The molecule has 3 heteroatoms. The minimum atomic E-state index is 0.526. The van der Waals surface area contributed by atoms with Crippen molar-refractivity contribution in [2.24, 2.45) is 0 Å². The summed E-state index contributed by atoms with van der Waals surface area (Å²) in [5.74, 6) is 0.671. The molecular formula is C10H17N3. The lowest BCUT2D eigenvalue weighted by atomic mass is 10.1. The van der Waals surface area contributed by atoms with Gasteiger partial charge in [-0.2, -0.15) is 0 Å². The molecule has 1 atom stereocenters. The van der Waals surface area contributed by atoms with E-state index in [1.807, 2.05) is 12.5 Å². The Balaban J connectivity index is 2.23. The van der Waals surface area contributed by atoms with E-state index in [2.05, 4.69) is 28.7 Å². The smallest absolute Gasteiger partial charge is 0.0950 e. The zero-order chi connectivity index (χ0) is 9.26. The van der Waals surface area contributed by atoms with Crippen molar-refractivity contribution in [1.29, 1.82) is 0 Å². The van der Waals surface area contributed by atoms with Gasteiger partial charge in [0.05, 0.1) is 6.33 Å². The van der Waals surface area contributed by atoms with Crippen LogP contribution in [0.3, 0.4) is 0 Å². The van der Waals surface area contributed by atoms with Gasteiger partial charge < -0.3 is 9.88 Å². The van der Waals surface area contributed by atoms with Gasteiger partial charge >= 0.3 is 0 Å². The van der Waals surface area contributed by atoms with E-state index < -0.39 is 0 Å². The number of aromatic nitrogens is 2. The zero-order valence-electron chi connectivity index (χ0n) is 8.33. The lowest BCUT2D eigenvalue weighted by Crippen LogP contribution is -2.12. The monoisotopic (exact) mass is 179 g/mol. The van der Waals surface area contributed by atoms with Crippen molar-refractivity contribution in [1.82, 2.24) is 14.9 Å². The van der Waals surface area contributed by atoms with E-state index in [0.29, 0.717) is 12.0 Å². The molecule has 1 aromatic rings. The molecule has 0 spiro atoms. The number of rotatable bonds is 2. The van der Waals surface area contributed by atoms with E-state index in [9.17, 15) is 0 Å². The Morgan fingerprint density at radius 2 is 2.46 bits per heavy atom. The Kier molecular flexibility index (Phi) is 2.36. The molecule has 0 amide bonds. The van der Waals surface area contributed by atoms with E-state index in [-0.39, 0.29) is 0 Å². The van der Waals surface area contributed by atoms with Gasteiger partial charge in [0.15, 0.2) is 0 Å². The topological polar surface area (TPSA) is 29.9 Å². The van der Waals surface area contributed by atoms with Crippen LogP contribution in [0.4, 0.5) is 0 Å². The van der Waals surface area contributed by atoms with Crippen LogP contribution in [0, 0.1) is 0 Å². The van der Waals surface area contributed by atoms with Gasteiger partial charge in [0.25, 0.3) is 0 Å². The van der Waals surface area contributed by atoms with Gasteiger partial charge in [-0.15, -0.1) is 0 Å². The van der Waals surface area contributed by atoms with Crippen LogP contribution in [-0.2, 0) is 0 Å². The zero-order valence-corrected chi connectivity index (χ0v) is 8.33. The van der Waals surface area contributed by atoms with E-state index in [4.69, 9.17) is 0 Å². The van der Waals surface area contributed by atoms with E-state index in [1.165, 1.54) is 12.1 Å². The number of imidazole rings is 1. The Hall–Kier alpha value is -0.830. The number of hydrogen-bond acceptors (Lipinski definition) is 2. The molecule has 0 aliphatic carbocycles. The van der Waals surface area contributed by atoms with E-state index in [1.54, 1.807) is 0 Å². The van der Waals surface area contributed by atoms with Crippen molar-refractivity contribution < 1.29 is 0 Å². The summed E-state index contributed by atoms with van der Waals surface area (Å²) in [4.78, 5) is 4.22. The average molecular weight is 179 g/mol. The molecule has 0 saturated carbocycles. The molecule has 1 fully saturated rings. The summed E-state index contributed by atoms with van der Waals surface area (Å²) in [7, 11) is 0. The predicted octanol–water partition coefficient (Wildman–Crippen LogP) is 1.54.